The summed E-state index contributed by atoms with van der Waals surface area (Å²) in [4.78, 5) is 12.8. The maximum Gasteiger partial charge on any atom is 0.234 e. The molecule has 0 aliphatic carbocycles. The lowest BCUT2D eigenvalue weighted by Gasteiger charge is -2.29. The molecule has 0 radical (unpaired) electrons. The molecule has 0 aliphatic rings. The molecule has 110 valence electrons. The Morgan fingerprint density at radius 3 is 2.24 bits per heavy atom. The lowest BCUT2D eigenvalue weighted by molar-refractivity contribution is -0.121. The van der Waals surface area contributed by atoms with Gasteiger partial charge in [-0.25, -0.2) is 0 Å². The maximum atomic E-state index is 12.8. The molecule has 2 heteroatoms. The molecule has 1 atom stereocenters. The number of para-hydroxylation sites is 1. The summed E-state index contributed by atoms with van der Waals surface area (Å²) in [7, 11) is 0. The van der Waals surface area contributed by atoms with E-state index in [-0.39, 0.29) is 5.91 Å². The summed E-state index contributed by atoms with van der Waals surface area (Å²) in [6.45, 7) is 6.20. The van der Waals surface area contributed by atoms with E-state index in [4.69, 9.17) is 0 Å². The molecular weight excluding hydrogens is 258 g/mol. The van der Waals surface area contributed by atoms with Gasteiger partial charge in [0.2, 0.25) is 5.91 Å². The Labute approximate surface area is 127 Å². The fourth-order valence-electron chi connectivity index (χ4n) is 2.60. The van der Waals surface area contributed by atoms with Crippen LogP contribution in [0.3, 0.4) is 0 Å². The minimum Gasteiger partial charge on any atom is -0.325 e. The Bertz CT molecular complexity index is 589. The molecule has 2 aromatic carbocycles. The van der Waals surface area contributed by atoms with Crippen LogP contribution in [-0.4, -0.2) is 5.91 Å². The van der Waals surface area contributed by atoms with Crippen molar-refractivity contribution in [3.05, 3.63) is 65.7 Å². The first-order valence-electron chi connectivity index (χ1n) is 7.50. The van der Waals surface area contributed by atoms with Crippen LogP contribution in [0.2, 0.25) is 0 Å². The van der Waals surface area contributed by atoms with E-state index in [9.17, 15) is 4.79 Å². The Balaban J connectivity index is 2.28. The van der Waals surface area contributed by atoms with Gasteiger partial charge in [-0.3, -0.25) is 4.79 Å². The second-order valence-corrected chi connectivity index (χ2v) is 5.77. The summed E-state index contributed by atoms with van der Waals surface area (Å²) in [6, 6.07) is 17.9. The highest BCUT2D eigenvalue weighted by molar-refractivity contribution is 5.98. The van der Waals surface area contributed by atoms with Crippen molar-refractivity contribution >= 4 is 11.6 Å². The van der Waals surface area contributed by atoms with Gasteiger partial charge in [-0.05, 0) is 38.0 Å². The van der Waals surface area contributed by atoms with Crippen LogP contribution in [0.5, 0.6) is 0 Å². The lowest BCUT2D eigenvalue weighted by Crippen LogP contribution is -2.37. The quantitative estimate of drug-likeness (QED) is 0.846. The predicted octanol–water partition coefficient (Wildman–Crippen LogP) is 4.69. The SMILES string of the molecule is CCCC(C)(C(=O)Nc1ccccc1)c1ccc(C)cc1. The van der Waals surface area contributed by atoms with Gasteiger partial charge in [0, 0.05) is 5.69 Å². The van der Waals surface area contributed by atoms with Gasteiger partial charge in [-0.2, -0.15) is 0 Å². The third-order valence-electron chi connectivity index (χ3n) is 3.97. The van der Waals surface area contributed by atoms with Crippen LogP contribution in [0.25, 0.3) is 0 Å². The van der Waals surface area contributed by atoms with Crippen LogP contribution in [0.15, 0.2) is 54.6 Å². The number of amides is 1. The first-order chi connectivity index (χ1) is 10.1. The Kier molecular flexibility index (Phi) is 4.79. The lowest BCUT2D eigenvalue weighted by atomic mass is 9.77. The molecule has 1 amide bonds. The van der Waals surface area contributed by atoms with Gasteiger partial charge in [-0.15, -0.1) is 0 Å². The molecule has 0 bridgehead atoms. The largest absolute Gasteiger partial charge is 0.325 e. The number of hydrogen-bond acceptors (Lipinski definition) is 1. The van der Waals surface area contributed by atoms with Crippen LogP contribution >= 0.6 is 0 Å². The van der Waals surface area contributed by atoms with E-state index in [1.807, 2.05) is 37.3 Å². The van der Waals surface area contributed by atoms with Crippen molar-refractivity contribution in [2.75, 3.05) is 5.32 Å². The van der Waals surface area contributed by atoms with Gasteiger partial charge in [0.1, 0.15) is 0 Å². The van der Waals surface area contributed by atoms with Gasteiger partial charge in [-0.1, -0.05) is 61.4 Å². The number of hydrogen-bond donors (Lipinski definition) is 1. The number of carbonyl (C=O) groups excluding carboxylic acids is 1. The zero-order valence-electron chi connectivity index (χ0n) is 13.0. The van der Waals surface area contributed by atoms with Crippen molar-refractivity contribution in [2.24, 2.45) is 0 Å². The first kappa shape index (κ1) is 15.3. The highest BCUT2D eigenvalue weighted by atomic mass is 16.2. The van der Waals surface area contributed by atoms with E-state index in [0.29, 0.717) is 0 Å². The normalized spacial score (nSPS) is 13.5. The number of nitrogens with one attached hydrogen (secondary N) is 1. The molecule has 1 N–H and O–H groups in total. The van der Waals surface area contributed by atoms with E-state index in [0.717, 1.165) is 24.1 Å². The summed E-state index contributed by atoms with van der Waals surface area (Å²) >= 11 is 0. The molecule has 0 heterocycles. The average Bonchev–Trinajstić information content (AvgIpc) is 2.49. The highest BCUT2D eigenvalue weighted by Crippen LogP contribution is 2.31. The second-order valence-electron chi connectivity index (χ2n) is 5.77. The average molecular weight is 281 g/mol. The van der Waals surface area contributed by atoms with E-state index < -0.39 is 5.41 Å². The van der Waals surface area contributed by atoms with Crippen LogP contribution < -0.4 is 5.32 Å². The smallest absolute Gasteiger partial charge is 0.234 e. The maximum absolute atomic E-state index is 12.8. The fraction of sp³-hybridized carbons (Fsp3) is 0.316. The van der Waals surface area contributed by atoms with E-state index in [1.54, 1.807) is 0 Å². The molecule has 1 unspecified atom stereocenters. The standard InChI is InChI=1S/C19H23NO/c1-4-14-19(3,16-12-10-15(2)11-13-16)18(21)20-17-8-6-5-7-9-17/h5-13H,4,14H2,1-3H3,(H,20,21). The van der Waals surface area contributed by atoms with Crippen molar-refractivity contribution in [3.8, 4) is 0 Å². The van der Waals surface area contributed by atoms with Crippen molar-refractivity contribution in [3.63, 3.8) is 0 Å². The van der Waals surface area contributed by atoms with Crippen molar-refractivity contribution in [2.45, 2.75) is 39.0 Å². The zero-order valence-corrected chi connectivity index (χ0v) is 13.0. The minimum absolute atomic E-state index is 0.0550. The van der Waals surface area contributed by atoms with E-state index in [2.05, 4.69) is 43.4 Å². The van der Waals surface area contributed by atoms with Gasteiger partial charge in [0.25, 0.3) is 0 Å². The second kappa shape index (κ2) is 6.57. The zero-order chi connectivity index (χ0) is 15.3. The Morgan fingerprint density at radius 1 is 1.05 bits per heavy atom. The highest BCUT2D eigenvalue weighted by Gasteiger charge is 2.34. The fourth-order valence-corrected chi connectivity index (χ4v) is 2.60. The topological polar surface area (TPSA) is 29.1 Å². The van der Waals surface area contributed by atoms with Crippen LogP contribution in [0.4, 0.5) is 5.69 Å². The van der Waals surface area contributed by atoms with E-state index in [1.165, 1.54) is 5.56 Å². The molecule has 0 fully saturated rings. The third kappa shape index (κ3) is 3.52. The van der Waals surface area contributed by atoms with Crippen LogP contribution in [0.1, 0.15) is 37.8 Å². The molecular formula is C19H23NO. The van der Waals surface area contributed by atoms with Gasteiger partial charge in [0.05, 0.1) is 5.41 Å². The number of carbonyl (C=O) groups is 1. The number of aryl methyl sites for hydroxylation is 1. The molecule has 0 aliphatic heterocycles. The summed E-state index contributed by atoms with van der Waals surface area (Å²) < 4.78 is 0. The summed E-state index contributed by atoms with van der Waals surface area (Å²) in [5.41, 5.74) is 2.62. The van der Waals surface area contributed by atoms with Gasteiger partial charge >= 0.3 is 0 Å². The van der Waals surface area contributed by atoms with Crippen LogP contribution in [-0.2, 0) is 10.2 Å². The number of anilines is 1. The molecule has 2 aromatic rings. The molecule has 2 rings (SSSR count). The summed E-state index contributed by atoms with van der Waals surface area (Å²) in [6.07, 6.45) is 1.79. The van der Waals surface area contributed by atoms with E-state index >= 15 is 0 Å². The number of rotatable bonds is 5. The molecule has 0 saturated heterocycles. The molecule has 0 aromatic heterocycles. The minimum atomic E-state index is -0.502. The summed E-state index contributed by atoms with van der Waals surface area (Å²) in [5.74, 6) is 0.0550. The van der Waals surface area contributed by atoms with Crippen molar-refractivity contribution < 1.29 is 4.79 Å². The monoisotopic (exact) mass is 281 g/mol. The summed E-state index contributed by atoms with van der Waals surface area (Å²) in [5, 5.41) is 3.04. The number of benzene rings is 2. The first-order valence-corrected chi connectivity index (χ1v) is 7.50. The third-order valence-corrected chi connectivity index (χ3v) is 3.97. The molecule has 0 spiro atoms. The van der Waals surface area contributed by atoms with Crippen molar-refractivity contribution in [1.82, 2.24) is 0 Å². The predicted molar refractivity (Wildman–Crippen MR) is 88.5 cm³/mol. The molecule has 21 heavy (non-hydrogen) atoms. The van der Waals surface area contributed by atoms with Crippen LogP contribution in [0, 0.1) is 6.92 Å². The molecule has 2 nitrogen and oxygen atoms in total. The van der Waals surface area contributed by atoms with Gasteiger partial charge in [0.15, 0.2) is 0 Å². The Hall–Kier alpha value is -2.09. The Morgan fingerprint density at radius 2 is 1.67 bits per heavy atom. The van der Waals surface area contributed by atoms with Gasteiger partial charge < -0.3 is 5.32 Å². The molecule has 0 saturated carbocycles. The van der Waals surface area contributed by atoms with Crippen molar-refractivity contribution in [1.29, 1.82) is 0 Å².